The molecule has 1 saturated heterocycles. The van der Waals surface area contributed by atoms with E-state index in [-0.39, 0.29) is 31.2 Å². The van der Waals surface area contributed by atoms with Gasteiger partial charge < -0.3 is 9.47 Å². The van der Waals surface area contributed by atoms with Gasteiger partial charge in [0.25, 0.3) is 0 Å². The number of amides is 2. The molecule has 6 heteroatoms. The van der Waals surface area contributed by atoms with Gasteiger partial charge in [0, 0.05) is 26.2 Å². The third kappa shape index (κ3) is 5.25. The van der Waals surface area contributed by atoms with Crippen molar-refractivity contribution in [1.82, 2.24) is 10.2 Å². The van der Waals surface area contributed by atoms with Crippen LogP contribution in [0.2, 0.25) is 0 Å². The fourth-order valence-electron chi connectivity index (χ4n) is 1.73. The quantitative estimate of drug-likeness (QED) is 0.493. The Hall–Kier alpha value is -0.980. The van der Waals surface area contributed by atoms with Crippen molar-refractivity contribution in [3.05, 3.63) is 0 Å². The summed E-state index contributed by atoms with van der Waals surface area (Å²) in [7, 11) is 0. The molecular weight excluding hydrogens is 224 g/mol. The molecule has 0 bridgehead atoms. The van der Waals surface area contributed by atoms with Crippen LogP contribution in [0.4, 0.5) is 0 Å². The molecule has 1 aliphatic heterocycles. The van der Waals surface area contributed by atoms with Crippen LogP contribution in [0.15, 0.2) is 0 Å². The molecule has 0 spiro atoms. The highest BCUT2D eigenvalue weighted by atomic mass is 16.7. The van der Waals surface area contributed by atoms with Crippen LogP contribution in [0.1, 0.15) is 20.3 Å². The third-order valence-corrected chi connectivity index (χ3v) is 2.40. The molecular formula is C11H20N2O4. The maximum absolute atomic E-state index is 11.1. The predicted octanol–water partition coefficient (Wildman–Crippen LogP) is -0.266. The third-order valence-electron chi connectivity index (χ3n) is 2.40. The molecule has 2 amide bonds. The summed E-state index contributed by atoms with van der Waals surface area (Å²) < 4.78 is 10.8. The van der Waals surface area contributed by atoms with Gasteiger partial charge in [0.05, 0.1) is 13.1 Å². The number of carbonyl (C=O) groups is 2. The number of rotatable bonds is 7. The van der Waals surface area contributed by atoms with Crippen LogP contribution in [-0.2, 0) is 19.1 Å². The highest BCUT2D eigenvalue weighted by molar-refractivity contribution is 5.99. The smallest absolute Gasteiger partial charge is 0.240 e. The number of ether oxygens (including phenoxy) is 2. The van der Waals surface area contributed by atoms with Gasteiger partial charge in [-0.3, -0.25) is 19.8 Å². The van der Waals surface area contributed by atoms with Crippen molar-refractivity contribution < 1.29 is 19.1 Å². The lowest BCUT2D eigenvalue weighted by molar-refractivity contribution is -0.146. The Morgan fingerprint density at radius 1 is 1.18 bits per heavy atom. The molecule has 98 valence electrons. The van der Waals surface area contributed by atoms with Gasteiger partial charge in [-0.15, -0.1) is 0 Å². The SMILES string of the molecule is CCOC(CCN1CC(=O)NC(=O)C1)OCC. The minimum absolute atomic E-state index is 0.245. The van der Waals surface area contributed by atoms with Crippen molar-refractivity contribution in [1.29, 1.82) is 0 Å². The standard InChI is InChI=1S/C11H20N2O4/c1-3-16-11(17-4-2)5-6-13-7-9(14)12-10(15)8-13/h11H,3-8H2,1-2H3,(H,12,14,15). The van der Waals surface area contributed by atoms with Crippen LogP contribution in [0.5, 0.6) is 0 Å². The number of hydrogen-bond acceptors (Lipinski definition) is 5. The molecule has 17 heavy (non-hydrogen) atoms. The molecule has 6 nitrogen and oxygen atoms in total. The van der Waals surface area contributed by atoms with Gasteiger partial charge in [0.15, 0.2) is 6.29 Å². The normalized spacial score (nSPS) is 17.6. The number of nitrogens with zero attached hydrogens (tertiary/aromatic N) is 1. The molecule has 1 aliphatic rings. The molecule has 0 aliphatic carbocycles. The summed E-state index contributed by atoms with van der Waals surface area (Å²) in [5.41, 5.74) is 0. The topological polar surface area (TPSA) is 67.9 Å². The fourth-order valence-corrected chi connectivity index (χ4v) is 1.73. The Balaban J connectivity index is 2.32. The molecule has 0 aromatic carbocycles. The first kappa shape index (κ1) is 14.1. The second kappa shape index (κ2) is 7.37. The van der Waals surface area contributed by atoms with Crippen molar-refractivity contribution in [2.45, 2.75) is 26.6 Å². The van der Waals surface area contributed by atoms with Crippen LogP contribution < -0.4 is 5.32 Å². The highest BCUT2D eigenvalue weighted by Crippen LogP contribution is 2.04. The van der Waals surface area contributed by atoms with Gasteiger partial charge in [0.2, 0.25) is 11.8 Å². The first-order valence-electron chi connectivity index (χ1n) is 5.94. The predicted molar refractivity (Wildman–Crippen MR) is 61.2 cm³/mol. The lowest BCUT2D eigenvalue weighted by Gasteiger charge is -2.26. The number of carbonyl (C=O) groups excluding carboxylic acids is 2. The van der Waals surface area contributed by atoms with E-state index in [4.69, 9.17) is 9.47 Å². The molecule has 0 aromatic rings. The van der Waals surface area contributed by atoms with Gasteiger partial charge in [0.1, 0.15) is 0 Å². The first-order valence-corrected chi connectivity index (χ1v) is 5.94. The van der Waals surface area contributed by atoms with Gasteiger partial charge in [-0.2, -0.15) is 0 Å². The van der Waals surface area contributed by atoms with E-state index >= 15 is 0 Å². The summed E-state index contributed by atoms with van der Waals surface area (Å²) in [4.78, 5) is 24.1. The Bertz CT molecular complexity index is 248. The average Bonchev–Trinajstić information content (AvgIpc) is 2.25. The largest absolute Gasteiger partial charge is 0.353 e. The van der Waals surface area contributed by atoms with Gasteiger partial charge >= 0.3 is 0 Å². The van der Waals surface area contributed by atoms with E-state index in [1.807, 2.05) is 13.8 Å². The fraction of sp³-hybridized carbons (Fsp3) is 0.818. The van der Waals surface area contributed by atoms with Crippen LogP contribution in [0.3, 0.4) is 0 Å². The summed E-state index contributed by atoms with van der Waals surface area (Å²) in [6, 6.07) is 0. The monoisotopic (exact) mass is 244 g/mol. The van der Waals surface area contributed by atoms with E-state index in [2.05, 4.69) is 5.32 Å². The van der Waals surface area contributed by atoms with E-state index in [1.54, 1.807) is 4.90 Å². The van der Waals surface area contributed by atoms with Crippen LogP contribution >= 0.6 is 0 Å². The lowest BCUT2D eigenvalue weighted by Crippen LogP contribution is -2.51. The second-order valence-electron chi connectivity index (χ2n) is 3.81. The Labute approximate surface area is 101 Å². The Morgan fingerprint density at radius 2 is 1.71 bits per heavy atom. The van der Waals surface area contributed by atoms with Gasteiger partial charge in [-0.1, -0.05) is 0 Å². The average molecular weight is 244 g/mol. The molecule has 0 aromatic heterocycles. The number of hydrogen-bond donors (Lipinski definition) is 1. The zero-order chi connectivity index (χ0) is 12.7. The molecule has 1 rings (SSSR count). The van der Waals surface area contributed by atoms with E-state index in [9.17, 15) is 9.59 Å². The van der Waals surface area contributed by atoms with E-state index in [1.165, 1.54) is 0 Å². The number of nitrogens with one attached hydrogen (secondary N) is 1. The van der Waals surface area contributed by atoms with E-state index < -0.39 is 0 Å². The Kier molecular flexibility index (Phi) is 6.10. The van der Waals surface area contributed by atoms with Crippen molar-refractivity contribution in [2.24, 2.45) is 0 Å². The molecule has 0 saturated carbocycles. The van der Waals surface area contributed by atoms with Crippen LogP contribution in [0.25, 0.3) is 0 Å². The Morgan fingerprint density at radius 3 is 2.18 bits per heavy atom. The summed E-state index contributed by atoms with van der Waals surface area (Å²) in [6.45, 7) is 6.12. The number of imide groups is 1. The molecule has 0 atom stereocenters. The minimum atomic E-state index is -0.259. The van der Waals surface area contributed by atoms with Crippen molar-refractivity contribution in [3.63, 3.8) is 0 Å². The summed E-state index contributed by atoms with van der Waals surface area (Å²) >= 11 is 0. The summed E-state index contributed by atoms with van der Waals surface area (Å²) in [5, 5.41) is 2.27. The van der Waals surface area contributed by atoms with Crippen molar-refractivity contribution in [2.75, 3.05) is 32.8 Å². The first-order chi connectivity index (χ1) is 8.15. The van der Waals surface area contributed by atoms with Gasteiger partial charge in [-0.05, 0) is 13.8 Å². The number of piperazine rings is 1. The maximum Gasteiger partial charge on any atom is 0.240 e. The summed E-state index contributed by atoms with van der Waals surface area (Å²) in [6.07, 6.45) is 0.396. The zero-order valence-corrected chi connectivity index (χ0v) is 10.4. The highest BCUT2D eigenvalue weighted by Gasteiger charge is 2.22. The van der Waals surface area contributed by atoms with Crippen LogP contribution in [0, 0.1) is 0 Å². The lowest BCUT2D eigenvalue weighted by atomic mass is 10.3. The minimum Gasteiger partial charge on any atom is -0.353 e. The van der Waals surface area contributed by atoms with Crippen molar-refractivity contribution in [3.8, 4) is 0 Å². The van der Waals surface area contributed by atoms with E-state index in [0.29, 0.717) is 26.2 Å². The van der Waals surface area contributed by atoms with E-state index in [0.717, 1.165) is 0 Å². The molecule has 1 N–H and O–H groups in total. The molecule has 0 radical (unpaired) electrons. The second-order valence-corrected chi connectivity index (χ2v) is 3.81. The molecule has 1 heterocycles. The van der Waals surface area contributed by atoms with Crippen LogP contribution in [-0.4, -0.2) is 55.9 Å². The van der Waals surface area contributed by atoms with Crippen molar-refractivity contribution >= 4 is 11.8 Å². The maximum atomic E-state index is 11.1. The molecule has 1 fully saturated rings. The summed E-state index contributed by atoms with van der Waals surface area (Å²) in [5.74, 6) is -0.490. The molecule has 0 unspecified atom stereocenters. The van der Waals surface area contributed by atoms with Gasteiger partial charge in [-0.25, -0.2) is 0 Å². The zero-order valence-electron chi connectivity index (χ0n) is 10.4.